The average molecular weight is 1160 g/mol. The number of unbranched alkanes of at least 4 members (excludes halogenated alkanes) is 2. The van der Waals surface area contributed by atoms with Gasteiger partial charge in [0.2, 0.25) is 5.91 Å². The van der Waals surface area contributed by atoms with Gasteiger partial charge in [-0.3, -0.25) is 4.79 Å². The number of carbonyl (C=O) groups excluding carboxylic acids is 1. The smallest absolute Gasteiger partial charge is 0.748 e. The van der Waals surface area contributed by atoms with Crippen LogP contribution in [0.15, 0.2) is 16.4 Å². The predicted octanol–water partition coefficient (Wildman–Crippen LogP) is -11.2. The Balaban J connectivity index is 0.0000102. The number of nitriles is 1. The molecule has 0 spiro atoms. The van der Waals surface area contributed by atoms with E-state index in [1.165, 1.54) is 17.8 Å². The molecule has 1 amide bonds. The quantitative estimate of drug-likeness (QED) is 0.0402. The summed E-state index contributed by atoms with van der Waals surface area (Å²) in [5.41, 5.74) is 0.0167. The zero-order valence-electron chi connectivity index (χ0n) is 36.9. The predicted molar refractivity (Wildman–Crippen MR) is 217 cm³/mol. The minimum absolute atomic E-state index is 0. The number of amides is 1. The van der Waals surface area contributed by atoms with Crippen molar-refractivity contribution in [3.05, 3.63) is 11.8 Å². The summed E-state index contributed by atoms with van der Waals surface area (Å²) in [5, 5.41) is 20.2. The van der Waals surface area contributed by atoms with Gasteiger partial charge in [0.15, 0.2) is 5.82 Å². The van der Waals surface area contributed by atoms with Crippen LogP contribution in [0.4, 0.5) is 5.82 Å². The summed E-state index contributed by atoms with van der Waals surface area (Å²) in [6, 6.07) is -1.26. The van der Waals surface area contributed by atoms with Gasteiger partial charge in [-0.1, -0.05) is 0 Å². The van der Waals surface area contributed by atoms with E-state index < -0.39 is 120 Å². The summed E-state index contributed by atoms with van der Waals surface area (Å²) in [6.07, 6.45) is 2.07. The molecule has 3 aliphatic carbocycles. The Morgan fingerprint density at radius 1 is 0.846 bits per heavy atom. The second-order valence-electron chi connectivity index (χ2n) is 15.6. The first-order chi connectivity index (χ1) is 28.3. The number of aromatic nitrogens is 2. The molecular weight excluding hydrogens is 1110 g/mol. The summed E-state index contributed by atoms with van der Waals surface area (Å²) in [5.74, 6) is -1.46. The molecule has 0 saturated heterocycles. The van der Waals surface area contributed by atoms with Crippen molar-refractivity contribution in [1.82, 2.24) is 24.7 Å². The summed E-state index contributed by atoms with van der Waals surface area (Å²) in [6.45, 7) is 2.04. The number of nitrogens with zero attached hydrogens (tertiary/aromatic N) is 6. The van der Waals surface area contributed by atoms with Crippen molar-refractivity contribution in [3.8, 4) is 6.07 Å². The molecule has 348 valence electrons. The number of hydrogen-bond donors (Lipinski definition) is 2. The molecule has 33 heteroatoms. The standard InChI is InChI=1S/C32H52Cl2N8O14S5.4K/c1-20(43)37-30-14-23(41(8-2-4-10-58(45,46)47)9-3-5-11-59(48,49)50)6-7-29(30)38-39-32-21(18-35)19-36-42(32)31-27(33)15-24(16-28(31)34)57(44)40-22-12-25(60(51,52)53)17-26(13-22)61(54,55)56;;;;/h19,22-31,40H,2-17H2,1H3,(H,37,43)(H,45,46,47)(H,48,49,50)(H,51,52,53)(H,54,55,56);;;;/q;4*+1/p-4. The number of carbonyl (C=O) groups is 1. The molecule has 1 aromatic heterocycles. The van der Waals surface area contributed by atoms with Crippen molar-refractivity contribution < 1.29 is 266 Å². The maximum atomic E-state index is 13.5. The van der Waals surface area contributed by atoms with E-state index in [0.29, 0.717) is 45.2 Å². The van der Waals surface area contributed by atoms with E-state index in [9.17, 15) is 66.1 Å². The maximum Gasteiger partial charge on any atom is 1.00 e. The van der Waals surface area contributed by atoms with Crippen molar-refractivity contribution in [3.63, 3.8) is 0 Å². The molecule has 2 N–H and O–H groups in total. The van der Waals surface area contributed by atoms with E-state index in [1.807, 2.05) is 11.0 Å². The number of alkyl halides is 2. The first kappa shape index (κ1) is 69.6. The number of halogens is 2. The van der Waals surface area contributed by atoms with Crippen LogP contribution in [0.3, 0.4) is 0 Å². The first-order valence-electron chi connectivity index (χ1n) is 19.4. The molecule has 4 rings (SSSR count). The van der Waals surface area contributed by atoms with Crippen LogP contribution in [0.5, 0.6) is 0 Å². The van der Waals surface area contributed by atoms with Crippen LogP contribution in [0.25, 0.3) is 0 Å². The molecule has 1 aromatic rings. The zero-order valence-corrected chi connectivity index (χ0v) is 54.9. The minimum atomic E-state index is -4.97. The van der Waals surface area contributed by atoms with Crippen LogP contribution >= 0.6 is 23.2 Å². The van der Waals surface area contributed by atoms with E-state index in [0.717, 1.165) is 0 Å². The first-order valence-corrected chi connectivity index (χ1v) is 27.5. The molecule has 0 aromatic carbocycles. The van der Waals surface area contributed by atoms with Gasteiger partial charge >= 0.3 is 206 Å². The third kappa shape index (κ3) is 23.6. The average Bonchev–Trinajstić information content (AvgIpc) is 3.53. The van der Waals surface area contributed by atoms with Crippen LogP contribution in [0.2, 0.25) is 0 Å². The van der Waals surface area contributed by atoms with Crippen molar-refractivity contribution in [2.24, 2.45) is 10.2 Å². The number of azo groups is 1. The molecule has 65 heavy (non-hydrogen) atoms. The molecule has 0 aliphatic heterocycles. The second kappa shape index (κ2) is 31.6. The molecule has 3 aliphatic rings. The van der Waals surface area contributed by atoms with Crippen LogP contribution in [-0.2, 0) is 56.3 Å². The normalized spacial score (nSPS) is 28.1. The van der Waals surface area contributed by atoms with Crippen LogP contribution < -0.4 is 216 Å². The molecule has 3 saturated carbocycles. The van der Waals surface area contributed by atoms with Crippen LogP contribution in [0, 0.1) is 11.3 Å². The molecule has 3 fully saturated rings. The Bertz CT molecular complexity index is 2170. The molecule has 22 nitrogen and oxygen atoms in total. The van der Waals surface area contributed by atoms with Crippen molar-refractivity contribution in [1.29, 1.82) is 5.26 Å². The van der Waals surface area contributed by atoms with Gasteiger partial charge in [0, 0.05) is 30.5 Å². The Kier molecular flexibility index (Phi) is 33.8. The van der Waals surface area contributed by atoms with E-state index in [-0.39, 0.29) is 267 Å². The van der Waals surface area contributed by atoms with Gasteiger partial charge in [-0.25, -0.2) is 47.3 Å². The van der Waals surface area contributed by atoms with Gasteiger partial charge in [-0.2, -0.15) is 15.5 Å². The van der Waals surface area contributed by atoms with Gasteiger partial charge in [0.1, 0.15) is 11.6 Å². The number of nitrogens with one attached hydrogen (secondary N) is 2. The van der Waals surface area contributed by atoms with E-state index in [4.69, 9.17) is 23.2 Å². The fourth-order valence-corrected chi connectivity index (χ4v) is 14.1. The van der Waals surface area contributed by atoms with E-state index in [1.54, 1.807) is 0 Å². The molecule has 1 heterocycles. The Hall–Kier alpha value is 4.61. The summed E-state index contributed by atoms with van der Waals surface area (Å²) in [4.78, 5) is 14.4. The van der Waals surface area contributed by atoms with E-state index >= 15 is 0 Å². The number of hydrogen-bond acceptors (Lipinski definition) is 19. The van der Waals surface area contributed by atoms with Crippen molar-refractivity contribution >= 4 is 86.4 Å². The molecule has 8 atom stereocenters. The van der Waals surface area contributed by atoms with Crippen molar-refractivity contribution in [2.75, 3.05) is 24.6 Å². The summed E-state index contributed by atoms with van der Waals surface area (Å²) in [7, 11) is -20.8. The monoisotopic (exact) mass is 1150 g/mol. The van der Waals surface area contributed by atoms with Gasteiger partial charge in [0.05, 0.1) is 102 Å². The van der Waals surface area contributed by atoms with Gasteiger partial charge < -0.3 is 28.4 Å². The molecule has 0 bridgehead atoms. The van der Waals surface area contributed by atoms with Gasteiger partial charge in [-0.05, 0) is 90.1 Å². The van der Waals surface area contributed by atoms with Crippen molar-refractivity contribution in [2.45, 2.75) is 141 Å². The Morgan fingerprint density at radius 2 is 1.35 bits per heavy atom. The fraction of sp³-hybridized carbons (Fsp3) is 0.844. The van der Waals surface area contributed by atoms with Crippen LogP contribution in [-0.4, -0.2) is 152 Å². The summed E-state index contributed by atoms with van der Waals surface area (Å²) < 4.78 is 155. The van der Waals surface area contributed by atoms with Gasteiger partial charge in [0.25, 0.3) is 0 Å². The maximum absolute atomic E-state index is 13.5. The zero-order chi connectivity index (χ0) is 45.5. The molecular formula is C32H48Cl2K4N8O14S5. The van der Waals surface area contributed by atoms with Crippen LogP contribution in [0.1, 0.15) is 95.6 Å². The SMILES string of the molecule is CC(=O)NC1CC(N(CCCCS(=O)(=O)[O-])CCCCS(=O)(=O)[O-])CCC1N=Nc1c(C#N)cnn1C1C(Cl)CC(S(=O)NC2CC(S(=O)(=O)[O-])CC(S(=O)(=O)[O-])C2)CC1Cl.[K+].[K+].[K+].[K+]. The minimum Gasteiger partial charge on any atom is -0.748 e. The molecule has 0 radical (unpaired) electrons. The Labute approximate surface area is 564 Å². The molecule has 8 unspecified atom stereocenters. The third-order valence-corrected chi connectivity index (χ3v) is 17.5. The largest absolute Gasteiger partial charge is 1.00 e. The fourth-order valence-electron chi connectivity index (χ4n) is 8.19. The topological polar surface area (TPSA) is 357 Å². The summed E-state index contributed by atoms with van der Waals surface area (Å²) >= 11 is 13.7. The third-order valence-electron chi connectivity index (χ3n) is 11.1. The van der Waals surface area contributed by atoms with E-state index in [2.05, 4.69) is 25.4 Å². The Morgan fingerprint density at radius 3 is 1.80 bits per heavy atom. The second-order valence-corrected chi connectivity index (χ2v) is 24.6. The number of rotatable bonds is 20. The van der Waals surface area contributed by atoms with Gasteiger partial charge in [-0.15, -0.1) is 28.3 Å².